The smallest absolute Gasteiger partial charge is 0.251 e. The van der Waals surface area contributed by atoms with E-state index in [1.54, 1.807) is 0 Å². The first kappa shape index (κ1) is 21.6. The minimum atomic E-state index is -0.00688. The number of aromatic nitrogens is 1. The van der Waals surface area contributed by atoms with E-state index in [2.05, 4.69) is 74.8 Å². The summed E-state index contributed by atoms with van der Waals surface area (Å²) >= 11 is 0. The van der Waals surface area contributed by atoms with Crippen LogP contribution in [0.4, 0.5) is 0 Å². The fourth-order valence-corrected chi connectivity index (χ4v) is 4.11. The van der Waals surface area contributed by atoms with E-state index in [1.165, 1.54) is 17.5 Å². The molecule has 3 rings (SSSR count). The van der Waals surface area contributed by atoms with Gasteiger partial charge in [0, 0.05) is 29.9 Å². The van der Waals surface area contributed by atoms with Gasteiger partial charge in [-0.2, -0.15) is 0 Å². The van der Waals surface area contributed by atoms with Gasteiger partial charge in [0.15, 0.2) is 0 Å². The van der Waals surface area contributed by atoms with Crippen molar-refractivity contribution in [3.63, 3.8) is 0 Å². The fourth-order valence-electron chi connectivity index (χ4n) is 4.11. The molecule has 0 aliphatic carbocycles. The number of nitrogens with zero attached hydrogens (tertiary/aromatic N) is 1. The van der Waals surface area contributed by atoms with E-state index < -0.39 is 0 Å². The van der Waals surface area contributed by atoms with Crippen molar-refractivity contribution in [2.75, 3.05) is 19.6 Å². The van der Waals surface area contributed by atoms with Gasteiger partial charge in [-0.05, 0) is 54.3 Å². The van der Waals surface area contributed by atoms with Crippen molar-refractivity contribution in [1.82, 2.24) is 9.88 Å². The van der Waals surface area contributed by atoms with Crippen molar-refractivity contribution in [3.05, 3.63) is 75.2 Å². The lowest BCUT2D eigenvalue weighted by Gasteiger charge is -2.20. The minimum Gasteiger partial charge on any atom is -0.322 e. The molecule has 1 aromatic carbocycles. The van der Waals surface area contributed by atoms with Gasteiger partial charge in [0.25, 0.3) is 5.56 Å². The van der Waals surface area contributed by atoms with Crippen molar-refractivity contribution >= 4 is 5.57 Å². The highest BCUT2D eigenvalue weighted by Crippen LogP contribution is 2.30. The standard InChI is InChI=1S/C26H36N2O/c1-18(2)16-28-14-13-20(17-28)15-23(24-12-7-19(3)25(29)27-24)21-8-10-22(11-9-21)26(4,5)6/h7-12,15,18,20H,13-14,16-17H2,1-6H3,(H,27,29)/b23-15+/t20-/m1/s1. The first-order valence-corrected chi connectivity index (χ1v) is 10.9. The number of aryl methyl sites for hydroxylation is 1. The number of nitrogens with one attached hydrogen (secondary N) is 1. The molecule has 1 atom stereocenters. The number of rotatable bonds is 5. The molecule has 0 spiro atoms. The van der Waals surface area contributed by atoms with Gasteiger partial charge >= 0.3 is 0 Å². The van der Waals surface area contributed by atoms with Crippen LogP contribution in [0.25, 0.3) is 5.57 Å². The first-order chi connectivity index (χ1) is 13.6. The zero-order valence-electron chi connectivity index (χ0n) is 18.9. The maximum absolute atomic E-state index is 12.3. The van der Waals surface area contributed by atoms with Crippen molar-refractivity contribution in [2.45, 2.75) is 53.4 Å². The Hall–Kier alpha value is -2.13. The van der Waals surface area contributed by atoms with Crippen LogP contribution in [0.15, 0.2) is 47.3 Å². The van der Waals surface area contributed by atoms with Gasteiger partial charge < -0.3 is 9.88 Å². The number of hydrogen-bond donors (Lipinski definition) is 1. The average Bonchev–Trinajstić information content (AvgIpc) is 3.08. The minimum absolute atomic E-state index is 0.00688. The molecule has 0 saturated carbocycles. The molecule has 3 heteroatoms. The van der Waals surface area contributed by atoms with Gasteiger partial charge in [-0.1, -0.05) is 71.0 Å². The summed E-state index contributed by atoms with van der Waals surface area (Å²) < 4.78 is 0. The highest BCUT2D eigenvalue weighted by molar-refractivity contribution is 5.78. The summed E-state index contributed by atoms with van der Waals surface area (Å²) in [4.78, 5) is 17.9. The van der Waals surface area contributed by atoms with E-state index in [1.807, 2.05) is 19.1 Å². The zero-order valence-corrected chi connectivity index (χ0v) is 18.9. The van der Waals surface area contributed by atoms with Crippen molar-refractivity contribution in [2.24, 2.45) is 11.8 Å². The average molecular weight is 393 g/mol. The second-order valence-corrected chi connectivity index (χ2v) is 9.99. The monoisotopic (exact) mass is 392 g/mol. The Kier molecular flexibility index (Phi) is 6.48. The SMILES string of the molecule is Cc1ccc(/C(=C/[C@H]2CCN(CC(C)C)C2)c2ccc(C(C)(C)C)cc2)[nH]c1=O. The Morgan fingerprint density at radius 2 is 1.86 bits per heavy atom. The lowest BCUT2D eigenvalue weighted by molar-refractivity contribution is 0.293. The topological polar surface area (TPSA) is 36.1 Å². The van der Waals surface area contributed by atoms with Crippen molar-refractivity contribution in [3.8, 4) is 0 Å². The van der Waals surface area contributed by atoms with Crippen LogP contribution >= 0.6 is 0 Å². The van der Waals surface area contributed by atoms with Crippen LogP contribution in [0, 0.1) is 18.8 Å². The molecule has 0 radical (unpaired) electrons. The quantitative estimate of drug-likeness (QED) is 0.740. The molecule has 1 saturated heterocycles. The molecule has 2 aromatic rings. The van der Waals surface area contributed by atoms with E-state index >= 15 is 0 Å². The van der Waals surface area contributed by atoms with E-state index in [0.717, 1.165) is 36.5 Å². The third-order valence-corrected chi connectivity index (χ3v) is 5.79. The molecule has 3 nitrogen and oxygen atoms in total. The maximum atomic E-state index is 12.3. The second-order valence-electron chi connectivity index (χ2n) is 9.99. The summed E-state index contributed by atoms with van der Waals surface area (Å²) in [5, 5.41) is 0. The van der Waals surface area contributed by atoms with Crippen molar-refractivity contribution < 1.29 is 0 Å². The second kappa shape index (κ2) is 8.71. The number of hydrogen-bond acceptors (Lipinski definition) is 2. The molecule has 1 aliphatic heterocycles. The van der Waals surface area contributed by atoms with Gasteiger partial charge in [0.2, 0.25) is 0 Å². The number of likely N-dealkylation sites (tertiary alicyclic amines) is 1. The van der Waals surface area contributed by atoms with Crippen LogP contribution in [0.2, 0.25) is 0 Å². The molecule has 156 valence electrons. The Morgan fingerprint density at radius 3 is 2.45 bits per heavy atom. The lowest BCUT2D eigenvalue weighted by Crippen LogP contribution is -2.25. The van der Waals surface area contributed by atoms with Gasteiger partial charge in [-0.25, -0.2) is 0 Å². The molecule has 0 unspecified atom stereocenters. The predicted octanol–water partition coefficient (Wildman–Crippen LogP) is 5.39. The van der Waals surface area contributed by atoms with E-state index in [4.69, 9.17) is 0 Å². The van der Waals surface area contributed by atoms with Crippen LogP contribution in [0.3, 0.4) is 0 Å². The molecule has 1 aliphatic rings. The predicted molar refractivity (Wildman–Crippen MR) is 123 cm³/mol. The molecule has 29 heavy (non-hydrogen) atoms. The summed E-state index contributed by atoms with van der Waals surface area (Å²) in [7, 11) is 0. The van der Waals surface area contributed by atoms with E-state index in [9.17, 15) is 4.79 Å². The molecule has 2 heterocycles. The summed E-state index contributed by atoms with van der Waals surface area (Å²) in [6, 6.07) is 12.8. The number of H-pyrrole nitrogens is 1. The first-order valence-electron chi connectivity index (χ1n) is 10.9. The molecule has 1 aromatic heterocycles. The molecule has 0 bridgehead atoms. The Bertz CT molecular complexity index is 913. The Labute approximate surface area is 175 Å². The summed E-state index contributed by atoms with van der Waals surface area (Å²) in [5.74, 6) is 1.20. The van der Waals surface area contributed by atoms with Gasteiger partial charge in [-0.15, -0.1) is 0 Å². The fraction of sp³-hybridized carbons (Fsp3) is 0.500. The van der Waals surface area contributed by atoms with Crippen LogP contribution in [0.5, 0.6) is 0 Å². The molecular weight excluding hydrogens is 356 g/mol. The Morgan fingerprint density at radius 1 is 1.17 bits per heavy atom. The van der Waals surface area contributed by atoms with Crippen LogP contribution < -0.4 is 5.56 Å². The molecular formula is C26H36N2O. The highest BCUT2D eigenvalue weighted by Gasteiger charge is 2.23. The third-order valence-electron chi connectivity index (χ3n) is 5.79. The van der Waals surface area contributed by atoms with Crippen LogP contribution in [-0.4, -0.2) is 29.5 Å². The number of benzene rings is 1. The maximum Gasteiger partial charge on any atom is 0.251 e. The van der Waals surface area contributed by atoms with Crippen LogP contribution in [0.1, 0.15) is 63.4 Å². The third kappa shape index (κ3) is 5.48. The zero-order chi connectivity index (χ0) is 21.2. The Balaban J connectivity index is 1.96. The van der Waals surface area contributed by atoms with Gasteiger partial charge in [0.1, 0.15) is 0 Å². The number of pyridine rings is 1. The molecule has 1 N–H and O–H groups in total. The summed E-state index contributed by atoms with van der Waals surface area (Å²) in [5.41, 5.74) is 5.41. The normalized spacial score (nSPS) is 18.6. The largest absolute Gasteiger partial charge is 0.322 e. The highest BCUT2D eigenvalue weighted by atomic mass is 16.1. The van der Waals surface area contributed by atoms with Gasteiger partial charge in [-0.3, -0.25) is 4.79 Å². The summed E-state index contributed by atoms with van der Waals surface area (Å²) in [6.07, 6.45) is 3.55. The molecule has 0 amide bonds. The van der Waals surface area contributed by atoms with Crippen molar-refractivity contribution in [1.29, 1.82) is 0 Å². The van der Waals surface area contributed by atoms with E-state index in [-0.39, 0.29) is 11.0 Å². The van der Waals surface area contributed by atoms with E-state index in [0.29, 0.717) is 11.8 Å². The van der Waals surface area contributed by atoms with Gasteiger partial charge in [0.05, 0.1) is 0 Å². The lowest BCUT2D eigenvalue weighted by atomic mass is 9.85. The summed E-state index contributed by atoms with van der Waals surface area (Å²) in [6.45, 7) is 16.5. The van der Waals surface area contributed by atoms with Crippen LogP contribution in [-0.2, 0) is 5.41 Å². The molecule has 1 fully saturated rings. The number of aromatic amines is 1.